The van der Waals surface area contributed by atoms with Gasteiger partial charge in [-0.15, -0.1) is 0 Å². The standard InChI is InChI=1S/C26H22N6O4/c1-35-22-12-20-21(13-23(22)36-2)29-26(28-20)30-25(34)17-6-3-5-16(11-17)15-32-24(33)9-8-19(31-32)18-7-4-10-27-14-18/h3-14H,15H2,1-2H3,(H2,28,29,30,34). The highest BCUT2D eigenvalue weighted by molar-refractivity contribution is 6.04. The van der Waals surface area contributed by atoms with Crippen LogP contribution in [0.1, 0.15) is 15.9 Å². The van der Waals surface area contributed by atoms with Gasteiger partial charge in [0, 0.05) is 41.7 Å². The van der Waals surface area contributed by atoms with Crippen LogP contribution >= 0.6 is 0 Å². The summed E-state index contributed by atoms with van der Waals surface area (Å²) >= 11 is 0. The van der Waals surface area contributed by atoms with Crippen LogP contribution in [0.4, 0.5) is 5.95 Å². The molecule has 0 unspecified atom stereocenters. The van der Waals surface area contributed by atoms with Crippen molar-refractivity contribution in [3.8, 4) is 22.8 Å². The molecular formula is C26H22N6O4. The average molecular weight is 483 g/mol. The Bertz CT molecular complexity index is 1570. The largest absolute Gasteiger partial charge is 0.493 e. The van der Waals surface area contributed by atoms with Crippen LogP contribution in [0, 0.1) is 0 Å². The number of nitrogens with zero attached hydrogens (tertiary/aromatic N) is 4. The number of nitrogens with one attached hydrogen (secondary N) is 2. The third-order valence-electron chi connectivity index (χ3n) is 5.56. The van der Waals surface area contributed by atoms with Gasteiger partial charge in [-0.05, 0) is 35.9 Å². The summed E-state index contributed by atoms with van der Waals surface area (Å²) in [5, 5.41) is 7.24. The number of imidazole rings is 1. The van der Waals surface area contributed by atoms with Crippen LogP contribution in [0.5, 0.6) is 11.5 Å². The first-order valence-electron chi connectivity index (χ1n) is 11.0. The lowest BCUT2D eigenvalue weighted by molar-refractivity contribution is 0.102. The highest BCUT2D eigenvalue weighted by Crippen LogP contribution is 2.31. The Morgan fingerprint density at radius 3 is 2.64 bits per heavy atom. The Balaban J connectivity index is 1.36. The molecule has 2 aromatic carbocycles. The van der Waals surface area contributed by atoms with E-state index >= 15 is 0 Å². The lowest BCUT2D eigenvalue weighted by atomic mass is 10.1. The molecule has 0 bridgehead atoms. The molecule has 0 fully saturated rings. The van der Waals surface area contributed by atoms with Gasteiger partial charge in [0.05, 0.1) is 37.5 Å². The monoisotopic (exact) mass is 482 g/mol. The number of pyridine rings is 1. The summed E-state index contributed by atoms with van der Waals surface area (Å²) in [6.45, 7) is 0.207. The minimum Gasteiger partial charge on any atom is -0.493 e. The maximum Gasteiger partial charge on any atom is 0.267 e. The van der Waals surface area contributed by atoms with Crippen molar-refractivity contribution >= 4 is 22.9 Å². The van der Waals surface area contributed by atoms with E-state index in [4.69, 9.17) is 9.47 Å². The number of benzene rings is 2. The molecule has 0 atom stereocenters. The van der Waals surface area contributed by atoms with E-state index in [0.29, 0.717) is 33.8 Å². The molecule has 3 aromatic heterocycles. The molecule has 10 nitrogen and oxygen atoms in total. The van der Waals surface area contributed by atoms with Crippen molar-refractivity contribution < 1.29 is 14.3 Å². The second-order valence-corrected chi connectivity index (χ2v) is 7.92. The van der Waals surface area contributed by atoms with E-state index in [9.17, 15) is 9.59 Å². The van der Waals surface area contributed by atoms with Crippen molar-refractivity contribution in [2.24, 2.45) is 0 Å². The quantitative estimate of drug-likeness (QED) is 0.364. The molecule has 2 N–H and O–H groups in total. The van der Waals surface area contributed by atoms with Gasteiger partial charge in [-0.1, -0.05) is 12.1 Å². The number of anilines is 1. The number of fused-ring (bicyclic) bond motifs is 1. The number of carbonyl (C=O) groups is 1. The normalized spacial score (nSPS) is 10.8. The molecule has 5 aromatic rings. The Morgan fingerprint density at radius 1 is 1.03 bits per heavy atom. The number of hydrogen-bond acceptors (Lipinski definition) is 7. The van der Waals surface area contributed by atoms with Gasteiger partial charge in [0.15, 0.2) is 11.5 Å². The summed E-state index contributed by atoms with van der Waals surface area (Å²) in [5.41, 5.74) is 3.67. The van der Waals surface area contributed by atoms with E-state index in [-0.39, 0.29) is 24.0 Å². The SMILES string of the molecule is COc1cc2nc(NC(=O)c3cccc(Cn4nc(-c5cccnc5)ccc4=O)c3)[nH]c2cc1OC. The fourth-order valence-electron chi connectivity index (χ4n) is 3.79. The molecule has 0 aliphatic heterocycles. The van der Waals surface area contributed by atoms with Crippen LogP contribution in [-0.4, -0.2) is 44.9 Å². The van der Waals surface area contributed by atoms with E-state index in [2.05, 4.69) is 25.4 Å². The van der Waals surface area contributed by atoms with Crippen molar-refractivity contribution in [3.63, 3.8) is 0 Å². The Kier molecular flexibility index (Phi) is 6.14. The number of methoxy groups -OCH3 is 2. The number of aromatic nitrogens is 5. The number of ether oxygens (including phenoxy) is 2. The summed E-state index contributed by atoms with van der Waals surface area (Å²) in [6.07, 6.45) is 3.36. The first-order chi connectivity index (χ1) is 17.5. The third kappa shape index (κ3) is 4.64. The smallest absolute Gasteiger partial charge is 0.267 e. The first-order valence-corrected chi connectivity index (χ1v) is 11.0. The summed E-state index contributed by atoms with van der Waals surface area (Å²) in [7, 11) is 3.10. The fourth-order valence-corrected chi connectivity index (χ4v) is 3.79. The van der Waals surface area contributed by atoms with Crippen LogP contribution in [0.25, 0.3) is 22.3 Å². The second kappa shape index (κ2) is 9.71. The van der Waals surface area contributed by atoms with Gasteiger partial charge >= 0.3 is 0 Å². The van der Waals surface area contributed by atoms with E-state index < -0.39 is 0 Å². The minimum atomic E-state index is -0.348. The predicted octanol–water partition coefficient (Wildman–Crippen LogP) is 3.50. The topological polar surface area (TPSA) is 124 Å². The zero-order valence-corrected chi connectivity index (χ0v) is 19.6. The van der Waals surface area contributed by atoms with Gasteiger partial charge in [-0.25, -0.2) is 9.67 Å². The van der Waals surface area contributed by atoms with Gasteiger partial charge in [-0.3, -0.25) is 19.9 Å². The number of rotatable bonds is 7. The lowest BCUT2D eigenvalue weighted by Gasteiger charge is -2.09. The molecule has 1 amide bonds. The van der Waals surface area contributed by atoms with E-state index in [1.807, 2.05) is 18.2 Å². The van der Waals surface area contributed by atoms with Gasteiger partial charge in [0.25, 0.3) is 11.5 Å². The van der Waals surface area contributed by atoms with Crippen molar-refractivity contribution in [3.05, 3.63) is 94.5 Å². The number of amides is 1. The zero-order valence-electron chi connectivity index (χ0n) is 19.6. The van der Waals surface area contributed by atoms with Crippen molar-refractivity contribution in [1.29, 1.82) is 0 Å². The minimum absolute atomic E-state index is 0.207. The highest BCUT2D eigenvalue weighted by atomic mass is 16.5. The van der Waals surface area contributed by atoms with E-state index in [0.717, 1.165) is 11.1 Å². The van der Waals surface area contributed by atoms with Crippen LogP contribution in [-0.2, 0) is 6.54 Å². The fraction of sp³-hybridized carbons (Fsp3) is 0.115. The molecule has 0 radical (unpaired) electrons. The molecule has 5 rings (SSSR count). The molecule has 36 heavy (non-hydrogen) atoms. The zero-order chi connectivity index (χ0) is 25.1. The molecule has 180 valence electrons. The summed E-state index contributed by atoms with van der Waals surface area (Å²) in [5.74, 6) is 1.03. The number of hydrogen-bond donors (Lipinski definition) is 2. The maximum atomic E-state index is 12.9. The number of carbonyl (C=O) groups excluding carboxylic acids is 1. The van der Waals surface area contributed by atoms with Gasteiger partial charge in [0.2, 0.25) is 5.95 Å². The van der Waals surface area contributed by atoms with Gasteiger partial charge < -0.3 is 14.5 Å². The predicted molar refractivity (Wildman–Crippen MR) is 134 cm³/mol. The highest BCUT2D eigenvalue weighted by Gasteiger charge is 2.13. The van der Waals surface area contributed by atoms with Crippen molar-refractivity contribution in [2.75, 3.05) is 19.5 Å². The van der Waals surface area contributed by atoms with Gasteiger partial charge in [-0.2, -0.15) is 5.10 Å². The lowest BCUT2D eigenvalue weighted by Crippen LogP contribution is -2.23. The van der Waals surface area contributed by atoms with Crippen molar-refractivity contribution in [1.82, 2.24) is 24.7 Å². The molecule has 0 saturated carbocycles. The summed E-state index contributed by atoms with van der Waals surface area (Å²) < 4.78 is 12.0. The maximum absolute atomic E-state index is 12.9. The summed E-state index contributed by atoms with van der Waals surface area (Å²) in [4.78, 5) is 36.9. The molecule has 0 saturated heterocycles. The first kappa shape index (κ1) is 22.8. The Hall–Kier alpha value is -4.99. The Labute approximate surface area is 205 Å². The summed E-state index contributed by atoms with van der Waals surface area (Å²) in [6, 6.07) is 17.3. The van der Waals surface area contributed by atoms with Crippen molar-refractivity contribution in [2.45, 2.75) is 6.54 Å². The third-order valence-corrected chi connectivity index (χ3v) is 5.56. The molecular weight excluding hydrogens is 460 g/mol. The number of H-pyrrole nitrogens is 1. The van der Waals surface area contributed by atoms with Crippen LogP contribution in [0.15, 0.2) is 77.9 Å². The second-order valence-electron chi connectivity index (χ2n) is 7.92. The van der Waals surface area contributed by atoms with Crippen LogP contribution < -0.4 is 20.3 Å². The molecule has 3 heterocycles. The van der Waals surface area contributed by atoms with E-state index in [1.165, 1.54) is 10.7 Å². The average Bonchev–Trinajstić information content (AvgIpc) is 3.30. The molecule has 10 heteroatoms. The number of aromatic amines is 1. The van der Waals surface area contributed by atoms with Crippen LogP contribution in [0.2, 0.25) is 0 Å². The van der Waals surface area contributed by atoms with Crippen LogP contribution in [0.3, 0.4) is 0 Å². The van der Waals surface area contributed by atoms with E-state index in [1.54, 1.807) is 63.0 Å². The Morgan fingerprint density at radius 2 is 1.86 bits per heavy atom. The van der Waals surface area contributed by atoms with Gasteiger partial charge in [0.1, 0.15) is 0 Å². The molecule has 0 aliphatic carbocycles. The molecule has 0 aliphatic rings. The molecule has 0 spiro atoms.